The smallest absolute Gasteiger partial charge is 0.256 e. The summed E-state index contributed by atoms with van der Waals surface area (Å²) in [5.74, 6) is -0.393. The molecule has 1 saturated heterocycles. The molecule has 0 amide bonds. The summed E-state index contributed by atoms with van der Waals surface area (Å²) in [5.41, 5.74) is 2.51. The van der Waals surface area contributed by atoms with Gasteiger partial charge in [-0.05, 0) is 67.2 Å². The fourth-order valence-corrected chi connectivity index (χ4v) is 3.89. The summed E-state index contributed by atoms with van der Waals surface area (Å²) in [4.78, 5) is 19.8. The zero-order valence-corrected chi connectivity index (χ0v) is 16.2. The lowest BCUT2D eigenvalue weighted by Crippen LogP contribution is -2.46. The van der Waals surface area contributed by atoms with Gasteiger partial charge in [0.2, 0.25) is 0 Å². The second kappa shape index (κ2) is 8.46. The molecule has 1 aliphatic rings. The zero-order chi connectivity index (χ0) is 20.2. The van der Waals surface area contributed by atoms with Crippen LogP contribution in [0, 0.1) is 17.1 Å². The Morgan fingerprint density at radius 2 is 1.79 bits per heavy atom. The fourth-order valence-electron chi connectivity index (χ4n) is 3.89. The Balaban J connectivity index is 1.28. The Hall–Kier alpha value is -3.17. The van der Waals surface area contributed by atoms with Crippen LogP contribution in [-0.2, 0) is 6.42 Å². The van der Waals surface area contributed by atoms with Gasteiger partial charge in [-0.3, -0.25) is 9.69 Å². The van der Waals surface area contributed by atoms with Crippen molar-refractivity contribution in [1.82, 2.24) is 9.88 Å². The minimum absolute atomic E-state index is 0.229. The number of aromatic amines is 1. The Bertz CT molecular complexity index is 1090. The van der Waals surface area contributed by atoms with Gasteiger partial charge in [0.1, 0.15) is 5.82 Å². The molecule has 29 heavy (non-hydrogen) atoms. The van der Waals surface area contributed by atoms with E-state index in [1.165, 1.54) is 12.1 Å². The normalized spacial score (nSPS) is 14.8. The molecule has 1 N–H and O–H groups in total. The van der Waals surface area contributed by atoms with E-state index in [0.29, 0.717) is 10.9 Å². The third kappa shape index (κ3) is 4.47. The van der Waals surface area contributed by atoms with Crippen LogP contribution in [0.4, 0.5) is 10.1 Å². The van der Waals surface area contributed by atoms with E-state index in [4.69, 9.17) is 5.26 Å². The van der Waals surface area contributed by atoms with Gasteiger partial charge in [0.25, 0.3) is 5.56 Å². The Labute approximate surface area is 169 Å². The first kappa shape index (κ1) is 19.2. The molecule has 0 atom stereocenters. The maximum atomic E-state index is 13.3. The fraction of sp³-hybridized carbons (Fsp3) is 0.304. The molecule has 0 spiro atoms. The van der Waals surface area contributed by atoms with Crippen LogP contribution in [0.5, 0.6) is 0 Å². The van der Waals surface area contributed by atoms with E-state index in [0.717, 1.165) is 62.3 Å². The molecule has 4 rings (SSSR count). The first-order valence-electron chi connectivity index (χ1n) is 9.91. The van der Waals surface area contributed by atoms with E-state index in [9.17, 15) is 9.18 Å². The second-order valence-corrected chi connectivity index (χ2v) is 7.45. The van der Waals surface area contributed by atoms with Crippen molar-refractivity contribution in [3.05, 3.63) is 76.0 Å². The number of halogens is 1. The van der Waals surface area contributed by atoms with Gasteiger partial charge in [-0.25, -0.2) is 4.39 Å². The molecule has 0 saturated carbocycles. The third-order valence-corrected chi connectivity index (χ3v) is 5.52. The summed E-state index contributed by atoms with van der Waals surface area (Å²) >= 11 is 0. The number of nitrogens with one attached hydrogen (secondary N) is 1. The van der Waals surface area contributed by atoms with Gasteiger partial charge in [0, 0.05) is 42.9 Å². The minimum Gasteiger partial charge on any atom is -0.369 e. The summed E-state index contributed by atoms with van der Waals surface area (Å²) in [7, 11) is 0. The van der Waals surface area contributed by atoms with E-state index < -0.39 is 5.82 Å². The van der Waals surface area contributed by atoms with Crippen molar-refractivity contribution in [1.29, 1.82) is 5.26 Å². The van der Waals surface area contributed by atoms with Crippen molar-refractivity contribution in [2.75, 3.05) is 37.6 Å². The molecule has 0 unspecified atom stereocenters. The van der Waals surface area contributed by atoms with Gasteiger partial charge >= 0.3 is 0 Å². The first-order chi connectivity index (χ1) is 14.1. The molecule has 3 aromatic rings. The molecule has 2 heterocycles. The van der Waals surface area contributed by atoms with Crippen LogP contribution in [0.1, 0.15) is 17.7 Å². The minimum atomic E-state index is -0.393. The van der Waals surface area contributed by atoms with Gasteiger partial charge in [-0.15, -0.1) is 0 Å². The number of hydrogen-bond acceptors (Lipinski definition) is 4. The van der Waals surface area contributed by atoms with Gasteiger partial charge in [-0.2, -0.15) is 5.26 Å². The lowest BCUT2D eigenvalue weighted by Gasteiger charge is -2.36. The zero-order valence-electron chi connectivity index (χ0n) is 16.2. The van der Waals surface area contributed by atoms with E-state index in [1.54, 1.807) is 6.07 Å². The molecule has 6 heteroatoms. The van der Waals surface area contributed by atoms with E-state index in [2.05, 4.69) is 20.9 Å². The number of pyridine rings is 1. The second-order valence-electron chi connectivity index (χ2n) is 7.45. The van der Waals surface area contributed by atoms with E-state index >= 15 is 0 Å². The van der Waals surface area contributed by atoms with Gasteiger partial charge < -0.3 is 9.88 Å². The lowest BCUT2D eigenvalue weighted by atomic mass is 10.1. The summed E-state index contributed by atoms with van der Waals surface area (Å²) in [5, 5.41) is 10.1. The van der Waals surface area contributed by atoms with Gasteiger partial charge in [0.05, 0.1) is 11.6 Å². The van der Waals surface area contributed by atoms with Gasteiger partial charge in [0.15, 0.2) is 0 Å². The molecule has 1 aliphatic heterocycles. The molecule has 148 valence electrons. The standard InChI is InChI=1S/C23H23FN4O/c24-19-6-5-18-14-20(26-23(29)22(18)15-19)2-1-9-27-10-12-28(13-11-27)21-7-3-17(16-25)4-8-21/h3-8,14-15H,1-2,9-13H2,(H,26,29). The monoisotopic (exact) mass is 390 g/mol. The van der Waals surface area contributed by atoms with Crippen molar-refractivity contribution in [3.8, 4) is 6.07 Å². The van der Waals surface area contributed by atoms with Crippen LogP contribution in [0.2, 0.25) is 0 Å². The predicted octanol–water partition coefficient (Wildman–Crippen LogP) is 3.29. The number of piperazine rings is 1. The van der Waals surface area contributed by atoms with Crippen molar-refractivity contribution in [2.24, 2.45) is 0 Å². The molecule has 2 aromatic carbocycles. The summed E-state index contributed by atoms with van der Waals surface area (Å²) in [6.45, 7) is 4.89. The van der Waals surface area contributed by atoms with Crippen molar-refractivity contribution in [2.45, 2.75) is 12.8 Å². The third-order valence-electron chi connectivity index (χ3n) is 5.52. The van der Waals surface area contributed by atoms with Crippen LogP contribution < -0.4 is 10.5 Å². The number of hydrogen-bond donors (Lipinski definition) is 1. The first-order valence-corrected chi connectivity index (χ1v) is 9.91. The molecular formula is C23H23FN4O. The molecule has 1 fully saturated rings. The molecule has 0 bridgehead atoms. The highest BCUT2D eigenvalue weighted by Gasteiger charge is 2.17. The van der Waals surface area contributed by atoms with Crippen LogP contribution in [-0.4, -0.2) is 42.6 Å². The van der Waals surface area contributed by atoms with Crippen LogP contribution in [0.25, 0.3) is 10.8 Å². The number of H-pyrrole nitrogens is 1. The summed E-state index contributed by atoms with van der Waals surface area (Å²) in [6, 6.07) is 16.2. The van der Waals surface area contributed by atoms with Crippen LogP contribution in [0.3, 0.4) is 0 Å². The summed E-state index contributed by atoms with van der Waals surface area (Å²) in [6.07, 6.45) is 1.75. The number of aromatic nitrogens is 1. The van der Waals surface area contributed by atoms with Crippen molar-refractivity contribution < 1.29 is 4.39 Å². The number of benzene rings is 2. The molecule has 0 aliphatic carbocycles. The maximum Gasteiger partial charge on any atom is 0.256 e. The Morgan fingerprint density at radius 1 is 1.03 bits per heavy atom. The van der Waals surface area contributed by atoms with Crippen LogP contribution >= 0.6 is 0 Å². The largest absolute Gasteiger partial charge is 0.369 e. The molecule has 1 aromatic heterocycles. The van der Waals surface area contributed by atoms with Gasteiger partial charge in [-0.1, -0.05) is 6.07 Å². The number of fused-ring (bicyclic) bond motifs is 1. The number of nitriles is 1. The topological polar surface area (TPSA) is 63.1 Å². The van der Waals surface area contributed by atoms with Crippen LogP contribution in [0.15, 0.2) is 53.3 Å². The van der Waals surface area contributed by atoms with Crippen molar-refractivity contribution >= 4 is 16.5 Å². The SMILES string of the molecule is N#Cc1ccc(N2CCN(CCCc3cc4ccc(F)cc4c(=O)[nH]3)CC2)cc1. The number of rotatable bonds is 5. The lowest BCUT2D eigenvalue weighted by molar-refractivity contribution is 0.255. The number of nitrogens with zero attached hydrogens (tertiary/aromatic N) is 3. The Kier molecular flexibility index (Phi) is 5.59. The average molecular weight is 390 g/mol. The van der Waals surface area contributed by atoms with Crippen molar-refractivity contribution in [3.63, 3.8) is 0 Å². The van der Waals surface area contributed by atoms with E-state index in [-0.39, 0.29) is 5.56 Å². The average Bonchev–Trinajstić information content (AvgIpc) is 2.75. The summed E-state index contributed by atoms with van der Waals surface area (Å²) < 4.78 is 13.3. The highest BCUT2D eigenvalue weighted by atomic mass is 19.1. The maximum absolute atomic E-state index is 13.3. The molecular weight excluding hydrogens is 367 g/mol. The number of anilines is 1. The quantitative estimate of drug-likeness (QED) is 0.726. The highest BCUT2D eigenvalue weighted by molar-refractivity contribution is 5.81. The van der Waals surface area contributed by atoms with E-state index in [1.807, 2.05) is 30.3 Å². The predicted molar refractivity (Wildman–Crippen MR) is 113 cm³/mol. The molecule has 0 radical (unpaired) electrons. The highest BCUT2D eigenvalue weighted by Crippen LogP contribution is 2.18. The Morgan fingerprint density at radius 3 is 2.52 bits per heavy atom. The molecule has 5 nitrogen and oxygen atoms in total. The number of aryl methyl sites for hydroxylation is 1.